The molecular weight excluding hydrogens is 418 g/mol. The van der Waals surface area contributed by atoms with Crippen LogP contribution in [-0.4, -0.2) is 58.3 Å². The summed E-state index contributed by atoms with van der Waals surface area (Å²) < 4.78 is 41.5. The fraction of sp³-hybridized carbons (Fsp3) is 0.318. The molecule has 0 atom stereocenters. The standard InChI is InChI=1S/C22H23N3O5S/c1-28-18-3-5-19(6-4-18)31(26,27)20(13-23)15-25-10-8-24(9-11-25)14-17-2-7-21-22(12-17)30-16-29-21/h2-7,12,15H,8-11,14,16H2,1H3/b20-15+. The molecule has 0 saturated carbocycles. The molecule has 0 bridgehead atoms. The quantitative estimate of drug-likeness (QED) is 0.631. The normalized spacial score (nSPS) is 16.8. The van der Waals surface area contributed by atoms with Crippen LogP contribution in [-0.2, 0) is 16.4 Å². The van der Waals surface area contributed by atoms with Gasteiger partial charge in [-0.3, -0.25) is 4.90 Å². The Labute approximate surface area is 181 Å². The summed E-state index contributed by atoms with van der Waals surface area (Å²) in [5.41, 5.74) is 1.13. The van der Waals surface area contributed by atoms with Gasteiger partial charge in [-0.1, -0.05) is 6.07 Å². The Balaban J connectivity index is 1.39. The number of fused-ring (bicyclic) bond motifs is 1. The second-order valence-electron chi connectivity index (χ2n) is 7.28. The first-order valence-corrected chi connectivity index (χ1v) is 11.3. The van der Waals surface area contributed by atoms with Crippen molar-refractivity contribution >= 4 is 9.84 Å². The molecule has 2 heterocycles. The van der Waals surface area contributed by atoms with E-state index in [9.17, 15) is 13.7 Å². The Bertz CT molecular complexity index is 1110. The maximum Gasteiger partial charge on any atom is 0.231 e. The van der Waals surface area contributed by atoms with E-state index in [-0.39, 0.29) is 16.6 Å². The fourth-order valence-electron chi connectivity index (χ4n) is 3.55. The van der Waals surface area contributed by atoms with E-state index in [2.05, 4.69) is 4.90 Å². The first kappa shape index (κ1) is 21.0. The maximum absolute atomic E-state index is 12.8. The van der Waals surface area contributed by atoms with Gasteiger partial charge in [0.2, 0.25) is 16.6 Å². The van der Waals surface area contributed by atoms with E-state index in [0.29, 0.717) is 18.8 Å². The number of rotatable bonds is 6. The number of ether oxygens (including phenoxy) is 3. The zero-order valence-corrected chi connectivity index (χ0v) is 18.0. The van der Waals surface area contributed by atoms with Crippen LogP contribution in [0.5, 0.6) is 17.2 Å². The zero-order chi connectivity index (χ0) is 21.8. The molecule has 0 aliphatic carbocycles. The Hall–Kier alpha value is -3.22. The summed E-state index contributed by atoms with van der Waals surface area (Å²) in [5, 5.41) is 9.50. The highest BCUT2D eigenvalue weighted by Gasteiger charge is 2.24. The third kappa shape index (κ3) is 4.60. The summed E-state index contributed by atoms with van der Waals surface area (Å²) >= 11 is 0. The molecule has 2 aromatic carbocycles. The molecule has 2 aliphatic rings. The molecular formula is C22H23N3O5S. The zero-order valence-electron chi connectivity index (χ0n) is 17.2. The summed E-state index contributed by atoms with van der Waals surface area (Å²) in [7, 11) is -2.37. The number of allylic oxidation sites excluding steroid dienone is 1. The topological polar surface area (TPSA) is 92.1 Å². The predicted octanol–water partition coefficient (Wildman–Crippen LogP) is 2.38. The Morgan fingerprint density at radius 3 is 2.48 bits per heavy atom. The monoisotopic (exact) mass is 441 g/mol. The van der Waals surface area contributed by atoms with Gasteiger partial charge in [-0.15, -0.1) is 0 Å². The Morgan fingerprint density at radius 2 is 1.81 bits per heavy atom. The van der Waals surface area contributed by atoms with Crippen molar-refractivity contribution in [3.63, 3.8) is 0 Å². The van der Waals surface area contributed by atoms with Crippen LogP contribution >= 0.6 is 0 Å². The number of nitrogens with zero attached hydrogens (tertiary/aromatic N) is 3. The van der Waals surface area contributed by atoms with Crippen molar-refractivity contribution < 1.29 is 22.6 Å². The molecule has 1 saturated heterocycles. The smallest absolute Gasteiger partial charge is 0.231 e. The third-order valence-electron chi connectivity index (χ3n) is 5.32. The van der Waals surface area contributed by atoms with Gasteiger partial charge in [0.05, 0.1) is 12.0 Å². The molecule has 0 radical (unpaired) electrons. The second-order valence-corrected chi connectivity index (χ2v) is 9.20. The summed E-state index contributed by atoms with van der Waals surface area (Å²) in [6.07, 6.45) is 1.46. The summed E-state index contributed by atoms with van der Waals surface area (Å²) in [4.78, 5) is 3.98. The lowest BCUT2D eigenvalue weighted by Crippen LogP contribution is -2.43. The summed E-state index contributed by atoms with van der Waals surface area (Å²) in [6, 6.07) is 13.8. The van der Waals surface area contributed by atoms with Crippen molar-refractivity contribution in [2.75, 3.05) is 40.1 Å². The molecule has 2 aromatic rings. The molecule has 162 valence electrons. The van der Waals surface area contributed by atoms with Crippen LogP contribution in [0.25, 0.3) is 0 Å². The van der Waals surface area contributed by atoms with E-state index in [1.165, 1.54) is 25.4 Å². The van der Waals surface area contributed by atoms with Crippen LogP contribution in [0.3, 0.4) is 0 Å². The van der Waals surface area contributed by atoms with Gasteiger partial charge in [0.25, 0.3) is 0 Å². The molecule has 2 aliphatic heterocycles. The number of hydrogen-bond donors (Lipinski definition) is 0. The lowest BCUT2D eigenvalue weighted by atomic mass is 10.1. The van der Waals surface area contributed by atoms with Gasteiger partial charge in [-0.05, 0) is 42.0 Å². The van der Waals surface area contributed by atoms with Crippen LogP contribution < -0.4 is 14.2 Å². The maximum atomic E-state index is 12.8. The van der Waals surface area contributed by atoms with Crippen LogP contribution in [0, 0.1) is 11.3 Å². The minimum Gasteiger partial charge on any atom is -0.497 e. The van der Waals surface area contributed by atoms with Crippen molar-refractivity contribution in [2.45, 2.75) is 11.4 Å². The van der Waals surface area contributed by atoms with E-state index in [4.69, 9.17) is 14.2 Å². The second kappa shape index (κ2) is 8.88. The van der Waals surface area contributed by atoms with Gasteiger partial charge in [0, 0.05) is 38.9 Å². The highest BCUT2D eigenvalue weighted by molar-refractivity contribution is 7.95. The van der Waals surface area contributed by atoms with Crippen LogP contribution in [0.15, 0.2) is 58.5 Å². The van der Waals surface area contributed by atoms with Gasteiger partial charge < -0.3 is 19.1 Å². The van der Waals surface area contributed by atoms with Crippen LogP contribution in [0.4, 0.5) is 0 Å². The molecule has 8 nitrogen and oxygen atoms in total. The largest absolute Gasteiger partial charge is 0.497 e. The Morgan fingerprint density at radius 1 is 1.10 bits per heavy atom. The van der Waals surface area contributed by atoms with E-state index in [0.717, 1.165) is 36.7 Å². The van der Waals surface area contributed by atoms with Gasteiger partial charge in [0.15, 0.2) is 16.4 Å². The first-order valence-electron chi connectivity index (χ1n) is 9.85. The predicted molar refractivity (Wildman–Crippen MR) is 113 cm³/mol. The third-order valence-corrected chi connectivity index (χ3v) is 6.99. The van der Waals surface area contributed by atoms with Gasteiger partial charge in [0.1, 0.15) is 11.8 Å². The van der Waals surface area contributed by atoms with Gasteiger partial charge >= 0.3 is 0 Å². The summed E-state index contributed by atoms with van der Waals surface area (Å²) in [6.45, 7) is 3.80. The van der Waals surface area contributed by atoms with Crippen molar-refractivity contribution in [1.82, 2.24) is 9.80 Å². The van der Waals surface area contributed by atoms with E-state index in [1.54, 1.807) is 12.1 Å². The first-order chi connectivity index (χ1) is 15.0. The number of sulfone groups is 1. The molecule has 0 aromatic heterocycles. The molecule has 31 heavy (non-hydrogen) atoms. The summed E-state index contributed by atoms with van der Waals surface area (Å²) in [5.74, 6) is 2.09. The van der Waals surface area contributed by atoms with E-state index < -0.39 is 9.84 Å². The number of methoxy groups -OCH3 is 1. The number of hydrogen-bond acceptors (Lipinski definition) is 8. The molecule has 9 heteroatoms. The highest BCUT2D eigenvalue weighted by Crippen LogP contribution is 2.33. The molecule has 0 amide bonds. The minimum atomic E-state index is -3.88. The van der Waals surface area contributed by atoms with Crippen molar-refractivity contribution in [2.24, 2.45) is 0 Å². The van der Waals surface area contributed by atoms with Crippen LogP contribution in [0.2, 0.25) is 0 Å². The molecule has 0 N–H and O–H groups in total. The number of benzene rings is 2. The lowest BCUT2D eigenvalue weighted by Gasteiger charge is -2.34. The van der Waals surface area contributed by atoms with Gasteiger partial charge in [-0.25, -0.2) is 8.42 Å². The van der Waals surface area contributed by atoms with Crippen molar-refractivity contribution in [1.29, 1.82) is 5.26 Å². The van der Waals surface area contributed by atoms with Crippen molar-refractivity contribution in [3.8, 4) is 23.3 Å². The average Bonchev–Trinajstić information content (AvgIpc) is 3.26. The Kier molecular flexibility index (Phi) is 6.02. The lowest BCUT2D eigenvalue weighted by molar-refractivity contribution is 0.161. The van der Waals surface area contributed by atoms with Crippen molar-refractivity contribution in [3.05, 3.63) is 59.1 Å². The SMILES string of the molecule is COc1ccc(S(=O)(=O)/C(C#N)=C/N2CCN(Cc3ccc4c(c3)OCO4)CC2)cc1. The molecule has 0 unspecified atom stereocenters. The highest BCUT2D eigenvalue weighted by atomic mass is 32.2. The average molecular weight is 442 g/mol. The van der Waals surface area contributed by atoms with Crippen LogP contribution in [0.1, 0.15) is 5.56 Å². The minimum absolute atomic E-state index is 0.0718. The number of piperazine rings is 1. The van der Waals surface area contributed by atoms with E-state index in [1.807, 2.05) is 29.2 Å². The van der Waals surface area contributed by atoms with E-state index >= 15 is 0 Å². The fourth-order valence-corrected chi connectivity index (χ4v) is 4.71. The van der Waals surface area contributed by atoms with Gasteiger partial charge in [-0.2, -0.15) is 5.26 Å². The molecule has 4 rings (SSSR count). The molecule has 1 fully saturated rings. The molecule has 0 spiro atoms. The number of nitriles is 1.